The smallest absolute Gasteiger partial charge is 0.267 e. The van der Waals surface area contributed by atoms with Gasteiger partial charge in [0.2, 0.25) is 0 Å². The van der Waals surface area contributed by atoms with Gasteiger partial charge in [0.05, 0.1) is 17.1 Å². The van der Waals surface area contributed by atoms with E-state index < -0.39 is 0 Å². The maximum absolute atomic E-state index is 13.0. The predicted octanol–water partition coefficient (Wildman–Crippen LogP) is 5.14. The number of nitrogens with zero attached hydrogens (tertiary/aromatic N) is 2. The van der Waals surface area contributed by atoms with Crippen LogP contribution in [0.25, 0.3) is 0 Å². The second-order valence-corrected chi connectivity index (χ2v) is 7.79. The van der Waals surface area contributed by atoms with E-state index in [2.05, 4.69) is 10.3 Å². The van der Waals surface area contributed by atoms with Crippen molar-refractivity contribution in [3.8, 4) is 5.75 Å². The molecule has 0 aliphatic rings. The number of aromatic nitrogens is 1. The molecule has 1 N–H and O–H groups in total. The van der Waals surface area contributed by atoms with E-state index in [0.29, 0.717) is 32.0 Å². The Morgan fingerprint density at radius 1 is 1.25 bits per heavy atom. The second kappa shape index (κ2) is 8.58. The third-order valence-electron chi connectivity index (χ3n) is 3.91. The number of anilines is 2. The Balaban J connectivity index is 1.73. The van der Waals surface area contributed by atoms with Crippen molar-refractivity contribution in [1.82, 2.24) is 4.98 Å². The minimum atomic E-state index is -0.325. The van der Waals surface area contributed by atoms with Gasteiger partial charge < -0.3 is 15.0 Å². The Hall–Kier alpha value is -2.64. The first-order valence-corrected chi connectivity index (χ1v) is 9.66. The van der Waals surface area contributed by atoms with Gasteiger partial charge in [0.1, 0.15) is 28.1 Å². The SMILES string of the molecule is Cc1nc(COc2ccc(F)cc2)sc1C(=O)Nc1cc(Cl)ccc1N(C)C. The molecular weight excluding hydrogens is 401 g/mol. The number of halogens is 2. The number of rotatable bonds is 6. The summed E-state index contributed by atoms with van der Waals surface area (Å²) in [5, 5.41) is 4.10. The van der Waals surface area contributed by atoms with Crippen molar-refractivity contribution < 1.29 is 13.9 Å². The van der Waals surface area contributed by atoms with E-state index in [0.717, 1.165) is 5.69 Å². The summed E-state index contributed by atoms with van der Waals surface area (Å²) < 4.78 is 18.6. The standard InChI is InChI=1S/C20H19ClFN3O2S/c1-12-19(20(26)24-16-10-13(21)4-9-17(16)25(2)3)28-18(23-12)11-27-15-7-5-14(22)6-8-15/h4-10H,11H2,1-3H3,(H,24,26). The number of carbonyl (C=O) groups excluding carboxylic acids is 1. The molecule has 0 radical (unpaired) electrons. The maximum atomic E-state index is 13.0. The van der Waals surface area contributed by atoms with Crippen LogP contribution in [0.15, 0.2) is 42.5 Å². The minimum Gasteiger partial charge on any atom is -0.486 e. The molecule has 1 aromatic heterocycles. The average Bonchev–Trinajstić information content (AvgIpc) is 3.02. The van der Waals surface area contributed by atoms with Crippen LogP contribution in [-0.4, -0.2) is 25.0 Å². The summed E-state index contributed by atoms with van der Waals surface area (Å²) in [7, 11) is 3.78. The molecule has 3 aromatic rings. The van der Waals surface area contributed by atoms with Gasteiger partial charge in [-0.15, -0.1) is 11.3 Å². The minimum absolute atomic E-state index is 0.199. The number of nitrogens with one attached hydrogen (secondary N) is 1. The van der Waals surface area contributed by atoms with E-state index in [1.54, 1.807) is 31.2 Å². The summed E-state index contributed by atoms with van der Waals surface area (Å²) in [5.41, 5.74) is 2.09. The van der Waals surface area contributed by atoms with Crippen molar-refractivity contribution >= 4 is 40.2 Å². The number of hydrogen-bond donors (Lipinski definition) is 1. The second-order valence-electron chi connectivity index (χ2n) is 6.27. The first-order chi connectivity index (χ1) is 13.3. The molecule has 0 unspecified atom stereocenters. The number of aryl methyl sites for hydroxylation is 1. The number of benzene rings is 2. The lowest BCUT2D eigenvalue weighted by atomic mass is 10.2. The molecule has 28 heavy (non-hydrogen) atoms. The van der Waals surface area contributed by atoms with Crippen molar-refractivity contribution in [3.63, 3.8) is 0 Å². The molecule has 0 fully saturated rings. The van der Waals surface area contributed by atoms with Gasteiger partial charge in [0, 0.05) is 19.1 Å². The number of ether oxygens (including phenoxy) is 1. The largest absolute Gasteiger partial charge is 0.486 e. The Morgan fingerprint density at radius 3 is 2.64 bits per heavy atom. The summed E-state index contributed by atoms with van der Waals surface area (Å²) in [6.07, 6.45) is 0. The third-order valence-corrected chi connectivity index (χ3v) is 5.28. The molecule has 0 spiro atoms. The normalized spacial score (nSPS) is 10.6. The molecule has 0 aliphatic carbocycles. The number of carbonyl (C=O) groups is 1. The van der Waals surface area contributed by atoms with E-state index in [1.165, 1.54) is 23.5 Å². The van der Waals surface area contributed by atoms with Crippen molar-refractivity contribution in [2.45, 2.75) is 13.5 Å². The van der Waals surface area contributed by atoms with Crippen LogP contribution in [0.3, 0.4) is 0 Å². The summed E-state index contributed by atoms with van der Waals surface area (Å²) in [5.74, 6) is -0.0438. The molecule has 0 saturated heterocycles. The zero-order chi connectivity index (χ0) is 20.3. The number of hydrogen-bond acceptors (Lipinski definition) is 5. The van der Waals surface area contributed by atoms with Gasteiger partial charge in [-0.3, -0.25) is 4.79 Å². The van der Waals surface area contributed by atoms with Gasteiger partial charge in [-0.2, -0.15) is 0 Å². The van der Waals surface area contributed by atoms with Crippen molar-refractivity contribution in [2.75, 3.05) is 24.3 Å². The molecular formula is C20H19ClFN3O2S. The fourth-order valence-corrected chi connectivity index (χ4v) is 3.62. The summed E-state index contributed by atoms with van der Waals surface area (Å²) >= 11 is 7.33. The highest BCUT2D eigenvalue weighted by molar-refractivity contribution is 7.13. The summed E-state index contributed by atoms with van der Waals surface area (Å²) in [4.78, 5) is 19.6. The Labute approximate surface area is 171 Å². The van der Waals surface area contributed by atoms with E-state index in [4.69, 9.17) is 16.3 Å². The Morgan fingerprint density at radius 2 is 1.96 bits per heavy atom. The molecule has 146 valence electrons. The van der Waals surface area contributed by atoms with E-state index >= 15 is 0 Å². The first-order valence-electron chi connectivity index (χ1n) is 8.46. The van der Waals surface area contributed by atoms with Crippen molar-refractivity contribution in [1.29, 1.82) is 0 Å². The topological polar surface area (TPSA) is 54.5 Å². The number of amides is 1. The van der Waals surface area contributed by atoms with E-state index in [1.807, 2.05) is 25.1 Å². The van der Waals surface area contributed by atoms with Crippen molar-refractivity contribution in [2.24, 2.45) is 0 Å². The van der Waals surface area contributed by atoms with E-state index in [9.17, 15) is 9.18 Å². The van der Waals surface area contributed by atoms with Gasteiger partial charge in [-0.05, 0) is 49.4 Å². The molecule has 1 heterocycles. The monoisotopic (exact) mass is 419 g/mol. The highest BCUT2D eigenvalue weighted by Crippen LogP contribution is 2.29. The number of thiazole rings is 1. The fourth-order valence-electron chi connectivity index (χ4n) is 2.58. The van der Waals surface area contributed by atoms with Gasteiger partial charge in [-0.25, -0.2) is 9.37 Å². The van der Waals surface area contributed by atoms with Crippen LogP contribution in [0.2, 0.25) is 5.02 Å². The zero-order valence-corrected chi connectivity index (χ0v) is 17.2. The summed E-state index contributed by atoms with van der Waals surface area (Å²) in [6, 6.07) is 11.1. The molecule has 0 saturated carbocycles. The first kappa shape index (κ1) is 20.1. The van der Waals surface area contributed by atoms with Crippen molar-refractivity contribution in [3.05, 3.63) is 68.9 Å². The zero-order valence-electron chi connectivity index (χ0n) is 15.6. The molecule has 8 heteroatoms. The van der Waals surface area contributed by atoms with Crippen LogP contribution in [-0.2, 0) is 6.61 Å². The molecule has 1 amide bonds. The van der Waals surface area contributed by atoms with Gasteiger partial charge in [-0.1, -0.05) is 11.6 Å². The van der Waals surface area contributed by atoms with Crippen LogP contribution in [0.1, 0.15) is 20.4 Å². The van der Waals surface area contributed by atoms with Crippen LogP contribution in [0, 0.1) is 12.7 Å². The van der Waals surface area contributed by atoms with Crippen LogP contribution >= 0.6 is 22.9 Å². The Kier molecular flexibility index (Phi) is 6.16. The third kappa shape index (κ3) is 4.79. The van der Waals surface area contributed by atoms with Crippen LogP contribution in [0.4, 0.5) is 15.8 Å². The highest BCUT2D eigenvalue weighted by Gasteiger charge is 2.18. The van der Waals surface area contributed by atoms with Gasteiger partial charge >= 0.3 is 0 Å². The maximum Gasteiger partial charge on any atom is 0.267 e. The van der Waals surface area contributed by atoms with Crippen LogP contribution < -0.4 is 15.0 Å². The van der Waals surface area contributed by atoms with Crippen LogP contribution in [0.5, 0.6) is 5.75 Å². The van der Waals surface area contributed by atoms with Gasteiger partial charge in [0.25, 0.3) is 5.91 Å². The van der Waals surface area contributed by atoms with Gasteiger partial charge in [0.15, 0.2) is 0 Å². The average molecular weight is 420 g/mol. The lowest BCUT2D eigenvalue weighted by Crippen LogP contribution is -2.16. The molecule has 5 nitrogen and oxygen atoms in total. The fraction of sp³-hybridized carbons (Fsp3) is 0.200. The highest BCUT2D eigenvalue weighted by atomic mass is 35.5. The lowest BCUT2D eigenvalue weighted by molar-refractivity contribution is 0.103. The molecule has 0 aliphatic heterocycles. The molecule has 2 aromatic carbocycles. The Bertz CT molecular complexity index is 990. The summed E-state index contributed by atoms with van der Waals surface area (Å²) in [6.45, 7) is 1.97. The lowest BCUT2D eigenvalue weighted by Gasteiger charge is -2.18. The molecule has 0 atom stereocenters. The molecule has 3 rings (SSSR count). The molecule has 0 bridgehead atoms. The van der Waals surface area contributed by atoms with E-state index in [-0.39, 0.29) is 18.3 Å². The predicted molar refractivity (Wildman–Crippen MR) is 111 cm³/mol. The quantitative estimate of drug-likeness (QED) is 0.601.